The zero-order valence-corrected chi connectivity index (χ0v) is 14.4. The maximum absolute atomic E-state index is 12.5. The second-order valence-electron chi connectivity index (χ2n) is 5.73. The Morgan fingerprint density at radius 1 is 1.48 bits per heavy atom. The number of amides is 1. The quantitative estimate of drug-likeness (QED) is 0.850. The molecule has 0 aromatic carbocycles. The standard InChI is InChI=1S/C17H22N4O4/c1-18-15-5-3-4-13(19-15)14-11-21(8-9-24-14)17(22)7-6-12-10-16(23-2)20-25-12/h3-5,10,14H,6-9,11H2,1-2H3,(H,18,19)/t14-/m1/s1. The highest BCUT2D eigenvalue weighted by atomic mass is 16.5. The molecule has 0 spiro atoms. The van der Waals surface area contributed by atoms with Crippen molar-refractivity contribution in [3.05, 3.63) is 35.7 Å². The second-order valence-corrected chi connectivity index (χ2v) is 5.73. The van der Waals surface area contributed by atoms with Gasteiger partial charge in [-0.3, -0.25) is 4.79 Å². The molecule has 3 rings (SSSR count). The number of ether oxygens (including phenoxy) is 2. The van der Waals surface area contributed by atoms with E-state index in [-0.39, 0.29) is 12.0 Å². The second kappa shape index (κ2) is 7.98. The van der Waals surface area contributed by atoms with Crippen molar-refractivity contribution < 1.29 is 18.8 Å². The van der Waals surface area contributed by atoms with Gasteiger partial charge in [0.2, 0.25) is 5.91 Å². The number of anilines is 1. The van der Waals surface area contributed by atoms with E-state index in [0.29, 0.717) is 44.2 Å². The predicted octanol–water partition coefficient (Wildman–Crippen LogP) is 1.65. The fourth-order valence-electron chi connectivity index (χ4n) is 2.72. The number of hydrogen-bond donors (Lipinski definition) is 1. The molecule has 0 bridgehead atoms. The Bertz CT molecular complexity index is 718. The van der Waals surface area contributed by atoms with Gasteiger partial charge in [-0.25, -0.2) is 4.98 Å². The number of morpholine rings is 1. The third kappa shape index (κ3) is 4.27. The number of pyridine rings is 1. The molecule has 0 unspecified atom stereocenters. The Balaban J connectivity index is 1.57. The molecule has 0 saturated carbocycles. The highest BCUT2D eigenvalue weighted by molar-refractivity contribution is 5.76. The van der Waals surface area contributed by atoms with Gasteiger partial charge in [0.25, 0.3) is 5.88 Å². The third-order valence-corrected chi connectivity index (χ3v) is 4.11. The van der Waals surface area contributed by atoms with E-state index in [1.54, 1.807) is 6.07 Å². The summed E-state index contributed by atoms with van der Waals surface area (Å²) in [6.07, 6.45) is 0.635. The maximum Gasteiger partial charge on any atom is 0.254 e. The number of aromatic nitrogens is 2. The van der Waals surface area contributed by atoms with Crippen LogP contribution in [0.15, 0.2) is 28.8 Å². The van der Waals surface area contributed by atoms with Crippen molar-refractivity contribution in [2.45, 2.75) is 18.9 Å². The first-order valence-corrected chi connectivity index (χ1v) is 8.23. The highest BCUT2D eigenvalue weighted by Crippen LogP contribution is 2.22. The van der Waals surface area contributed by atoms with E-state index in [9.17, 15) is 4.79 Å². The minimum absolute atomic E-state index is 0.0634. The number of carbonyl (C=O) groups excluding carboxylic acids is 1. The van der Waals surface area contributed by atoms with Crippen LogP contribution < -0.4 is 10.1 Å². The first-order valence-electron chi connectivity index (χ1n) is 8.23. The molecule has 25 heavy (non-hydrogen) atoms. The van der Waals surface area contributed by atoms with Crippen LogP contribution in [-0.2, 0) is 16.0 Å². The van der Waals surface area contributed by atoms with Crippen LogP contribution in [0.5, 0.6) is 5.88 Å². The van der Waals surface area contributed by atoms with Crippen molar-refractivity contribution in [2.75, 3.05) is 39.2 Å². The largest absolute Gasteiger partial charge is 0.479 e. The van der Waals surface area contributed by atoms with Crippen LogP contribution in [0.1, 0.15) is 24.0 Å². The lowest BCUT2D eigenvalue weighted by Crippen LogP contribution is -2.42. The van der Waals surface area contributed by atoms with E-state index in [4.69, 9.17) is 14.0 Å². The van der Waals surface area contributed by atoms with Crippen LogP contribution in [0.4, 0.5) is 5.82 Å². The summed E-state index contributed by atoms with van der Waals surface area (Å²) in [5.74, 6) is 1.90. The van der Waals surface area contributed by atoms with Crippen LogP contribution >= 0.6 is 0 Å². The molecule has 1 amide bonds. The zero-order valence-electron chi connectivity index (χ0n) is 14.4. The van der Waals surface area contributed by atoms with E-state index < -0.39 is 0 Å². The molecular formula is C17H22N4O4. The van der Waals surface area contributed by atoms with E-state index in [1.165, 1.54) is 7.11 Å². The van der Waals surface area contributed by atoms with E-state index in [2.05, 4.69) is 15.5 Å². The van der Waals surface area contributed by atoms with Gasteiger partial charge in [-0.05, 0) is 17.3 Å². The average Bonchev–Trinajstić information content (AvgIpc) is 3.14. The van der Waals surface area contributed by atoms with Crippen molar-refractivity contribution in [2.24, 2.45) is 0 Å². The number of nitrogens with one attached hydrogen (secondary N) is 1. The van der Waals surface area contributed by atoms with Crippen LogP contribution in [0.3, 0.4) is 0 Å². The topological polar surface area (TPSA) is 89.7 Å². The number of aryl methyl sites for hydroxylation is 1. The van der Waals surface area contributed by atoms with Gasteiger partial charge < -0.3 is 24.2 Å². The smallest absolute Gasteiger partial charge is 0.254 e. The summed E-state index contributed by atoms with van der Waals surface area (Å²) in [5, 5.41) is 6.75. The van der Waals surface area contributed by atoms with E-state index in [1.807, 2.05) is 30.1 Å². The van der Waals surface area contributed by atoms with Gasteiger partial charge in [-0.2, -0.15) is 0 Å². The summed E-state index contributed by atoms with van der Waals surface area (Å²) >= 11 is 0. The van der Waals surface area contributed by atoms with Crippen LogP contribution in [-0.4, -0.2) is 54.8 Å². The molecule has 3 heterocycles. The van der Waals surface area contributed by atoms with Crippen molar-refractivity contribution in [1.29, 1.82) is 0 Å². The van der Waals surface area contributed by atoms with Crippen molar-refractivity contribution in [1.82, 2.24) is 15.0 Å². The summed E-state index contributed by atoms with van der Waals surface area (Å²) in [6.45, 7) is 1.58. The van der Waals surface area contributed by atoms with Gasteiger partial charge >= 0.3 is 0 Å². The Labute approximate surface area is 146 Å². The molecule has 1 atom stereocenters. The molecule has 134 valence electrons. The van der Waals surface area contributed by atoms with Gasteiger partial charge in [-0.15, -0.1) is 0 Å². The Morgan fingerprint density at radius 2 is 2.36 bits per heavy atom. The summed E-state index contributed by atoms with van der Waals surface area (Å²) in [4.78, 5) is 18.8. The molecule has 8 nitrogen and oxygen atoms in total. The lowest BCUT2D eigenvalue weighted by Gasteiger charge is -2.32. The fourth-order valence-corrected chi connectivity index (χ4v) is 2.72. The average molecular weight is 346 g/mol. The van der Waals surface area contributed by atoms with Crippen LogP contribution in [0.2, 0.25) is 0 Å². The molecule has 1 aliphatic heterocycles. The van der Waals surface area contributed by atoms with E-state index in [0.717, 1.165) is 11.5 Å². The molecule has 1 N–H and O–H groups in total. The van der Waals surface area contributed by atoms with Gasteiger partial charge in [-0.1, -0.05) is 6.07 Å². The summed E-state index contributed by atoms with van der Waals surface area (Å²) < 4.78 is 15.9. The number of rotatable bonds is 6. The molecule has 0 radical (unpaired) electrons. The number of methoxy groups -OCH3 is 1. The van der Waals surface area contributed by atoms with Crippen molar-refractivity contribution >= 4 is 11.7 Å². The molecular weight excluding hydrogens is 324 g/mol. The van der Waals surface area contributed by atoms with Crippen LogP contribution in [0, 0.1) is 0 Å². The fraction of sp³-hybridized carbons (Fsp3) is 0.471. The normalized spacial score (nSPS) is 17.4. The van der Waals surface area contributed by atoms with Crippen molar-refractivity contribution in [3.8, 4) is 5.88 Å². The van der Waals surface area contributed by atoms with Gasteiger partial charge in [0, 0.05) is 32.5 Å². The van der Waals surface area contributed by atoms with Crippen molar-refractivity contribution in [3.63, 3.8) is 0 Å². The van der Waals surface area contributed by atoms with Gasteiger partial charge in [0.05, 0.1) is 26.0 Å². The Hall–Kier alpha value is -2.61. The number of nitrogens with zero attached hydrogens (tertiary/aromatic N) is 3. The molecule has 1 fully saturated rings. The molecule has 1 aliphatic rings. The lowest BCUT2D eigenvalue weighted by molar-refractivity contribution is -0.139. The Morgan fingerprint density at radius 3 is 3.12 bits per heavy atom. The summed E-state index contributed by atoms with van der Waals surface area (Å²) in [7, 11) is 3.35. The summed E-state index contributed by atoms with van der Waals surface area (Å²) in [5.41, 5.74) is 0.823. The SMILES string of the molecule is CNc1cccc([C@H]2CN(C(=O)CCc3cc(OC)no3)CCO2)n1. The van der Waals surface area contributed by atoms with Crippen LogP contribution in [0.25, 0.3) is 0 Å². The first-order chi connectivity index (χ1) is 12.2. The number of carbonyl (C=O) groups is 1. The maximum atomic E-state index is 12.5. The lowest BCUT2D eigenvalue weighted by atomic mass is 10.1. The molecule has 0 aliphatic carbocycles. The van der Waals surface area contributed by atoms with Gasteiger partial charge in [0.1, 0.15) is 17.7 Å². The minimum atomic E-state index is -0.212. The third-order valence-electron chi connectivity index (χ3n) is 4.11. The monoisotopic (exact) mass is 346 g/mol. The summed E-state index contributed by atoms with van der Waals surface area (Å²) in [6, 6.07) is 7.43. The Kier molecular flexibility index (Phi) is 5.49. The molecule has 2 aromatic rings. The molecule has 1 saturated heterocycles. The molecule has 2 aromatic heterocycles. The zero-order chi connectivity index (χ0) is 17.6. The minimum Gasteiger partial charge on any atom is -0.479 e. The number of hydrogen-bond acceptors (Lipinski definition) is 7. The predicted molar refractivity (Wildman–Crippen MR) is 90.4 cm³/mol. The molecule has 8 heteroatoms. The van der Waals surface area contributed by atoms with Gasteiger partial charge in [0.15, 0.2) is 0 Å². The first kappa shape index (κ1) is 17.2. The van der Waals surface area contributed by atoms with E-state index >= 15 is 0 Å². The highest BCUT2D eigenvalue weighted by Gasteiger charge is 2.26.